The van der Waals surface area contributed by atoms with Gasteiger partial charge in [0.05, 0.1) is 30.2 Å². The van der Waals surface area contributed by atoms with Crippen molar-refractivity contribution in [2.75, 3.05) is 13.7 Å². The minimum Gasteiger partial charge on any atom is -0.462 e. The summed E-state index contributed by atoms with van der Waals surface area (Å²) in [4.78, 5) is 32.1. The van der Waals surface area contributed by atoms with Gasteiger partial charge >= 0.3 is 18.1 Å². The minimum absolute atomic E-state index is 0.0433. The van der Waals surface area contributed by atoms with E-state index in [-0.39, 0.29) is 17.9 Å². The Morgan fingerprint density at radius 3 is 2.39 bits per heavy atom. The summed E-state index contributed by atoms with van der Waals surface area (Å²) in [5, 5.41) is 16.5. The molecule has 1 saturated carbocycles. The second-order valence-electron chi connectivity index (χ2n) is 6.80. The van der Waals surface area contributed by atoms with E-state index in [0.717, 1.165) is 12.8 Å². The van der Waals surface area contributed by atoms with Gasteiger partial charge in [-0.05, 0) is 25.8 Å². The standard InChI is InChI=1S/C16H19N3O4.C3H3F3O2/c1-2-23-16(20)13-9-14-11(8-15(13)19(21)22)10-18(17-14)12-6-4-3-5-7-12;1-8-2(7)3(4,5)6/h8-10,12H,2-7H2,1H3;1H3. The number of nitro groups is 1. The van der Waals surface area contributed by atoms with E-state index in [9.17, 15) is 32.9 Å². The number of nitrogens with zero attached hydrogens (tertiary/aromatic N) is 3. The van der Waals surface area contributed by atoms with Crippen LogP contribution in [0, 0.1) is 10.1 Å². The SMILES string of the molecule is CCOC(=O)c1cc2nn(C3CCCCC3)cc2cc1[N+](=O)[O-].COC(=O)C(F)(F)F. The summed E-state index contributed by atoms with van der Waals surface area (Å²) in [6.07, 6.45) is 2.73. The van der Waals surface area contributed by atoms with Gasteiger partial charge in [-0.1, -0.05) is 19.3 Å². The minimum atomic E-state index is -4.85. The summed E-state index contributed by atoms with van der Waals surface area (Å²) in [7, 11) is 0.676. The van der Waals surface area contributed by atoms with Gasteiger partial charge in [-0.3, -0.25) is 14.8 Å². The van der Waals surface area contributed by atoms with Crippen LogP contribution in [0.25, 0.3) is 10.9 Å². The number of fused-ring (bicyclic) bond motifs is 1. The zero-order chi connectivity index (χ0) is 23.2. The molecule has 0 saturated heterocycles. The van der Waals surface area contributed by atoms with Crippen LogP contribution in [0.4, 0.5) is 18.9 Å². The monoisotopic (exact) mass is 445 g/mol. The maximum absolute atomic E-state index is 12.0. The van der Waals surface area contributed by atoms with Crippen LogP contribution >= 0.6 is 0 Å². The number of hydrogen-bond donors (Lipinski definition) is 0. The normalized spacial score (nSPS) is 14.5. The second kappa shape index (κ2) is 10.2. The number of alkyl halides is 3. The van der Waals surface area contributed by atoms with Gasteiger partial charge in [-0.25, -0.2) is 9.59 Å². The summed E-state index contributed by atoms with van der Waals surface area (Å²) in [5.74, 6) is -2.86. The smallest absolute Gasteiger partial charge is 0.462 e. The maximum Gasteiger partial charge on any atom is 0.490 e. The summed E-state index contributed by atoms with van der Waals surface area (Å²) < 4.78 is 43.1. The van der Waals surface area contributed by atoms with Crippen molar-refractivity contribution in [3.8, 4) is 0 Å². The lowest BCUT2D eigenvalue weighted by molar-refractivity contribution is -0.385. The summed E-state index contributed by atoms with van der Waals surface area (Å²) in [6.45, 7) is 1.84. The highest BCUT2D eigenvalue weighted by atomic mass is 19.4. The van der Waals surface area contributed by atoms with E-state index in [2.05, 4.69) is 9.84 Å². The fraction of sp³-hybridized carbons (Fsp3) is 0.526. The predicted molar refractivity (Wildman–Crippen MR) is 103 cm³/mol. The molecule has 9 nitrogen and oxygen atoms in total. The summed E-state index contributed by atoms with van der Waals surface area (Å²) in [5.41, 5.74) is 0.307. The van der Waals surface area contributed by atoms with Crippen molar-refractivity contribution in [3.05, 3.63) is 34.0 Å². The molecule has 1 aliphatic carbocycles. The van der Waals surface area contributed by atoms with Crippen molar-refractivity contribution in [1.82, 2.24) is 9.78 Å². The van der Waals surface area contributed by atoms with E-state index >= 15 is 0 Å². The van der Waals surface area contributed by atoms with Crippen molar-refractivity contribution in [2.24, 2.45) is 0 Å². The Labute approximate surface area is 175 Å². The number of rotatable bonds is 4. The molecule has 0 aliphatic heterocycles. The number of aromatic nitrogens is 2. The molecular formula is C19H22F3N3O6. The van der Waals surface area contributed by atoms with Gasteiger partial charge in [0.2, 0.25) is 0 Å². The van der Waals surface area contributed by atoms with Crippen LogP contribution in [0.2, 0.25) is 0 Å². The van der Waals surface area contributed by atoms with E-state index in [0.29, 0.717) is 24.1 Å². The Hall–Kier alpha value is -3.18. The predicted octanol–water partition coefficient (Wildman–Crippen LogP) is 4.35. The number of nitro benzene ring substituents is 1. The first-order valence-corrected chi connectivity index (χ1v) is 9.58. The van der Waals surface area contributed by atoms with Crippen molar-refractivity contribution in [1.29, 1.82) is 0 Å². The molecule has 0 N–H and O–H groups in total. The summed E-state index contributed by atoms with van der Waals surface area (Å²) in [6, 6.07) is 3.21. The molecule has 0 radical (unpaired) electrons. The summed E-state index contributed by atoms with van der Waals surface area (Å²) >= 11 is 0. The fourth-order valence-electron chi connectivity index (χ4n) is 3.25. The molecule has 1 heterocycles. The van der Waals surface area contributed by atoms with Crippen molar-refractivity contribution in [3.63, 3.8) is 0 Å². The zero-order valence-electron chi connectivity index (χ0n) is 17.0. The molecule has 1 aromatic carbocycles. The average Bonchev–Trinajstić information content (AvgIpc) is 3.16. The Bertz CT molecular complexity index is 951. The lowest BCUT2D eigenvalue weighted by atomic mass is 9.96. The Kier molecular flexibility index (Phi) is 7.95. The topological polar surface area (TPSA) is 114 Å². The van der Waals surface area contributed by atoms with Crippen LogP contribution in [0.15, 0.2) is 18.3 Å². The van der Waals surface area contributed by atoms with Gasteiger partial charge in [-0.2, -0.15) is 18.3 Å². The maximum atomic E-state index is 12.0. The molecule has 31 heavy (non-hydrogen) atoms. The number of hydrogen-bond acceptors (Lipinski definition) is 7. The Balaban J connectivity index is 0.000000366. The first kappa shape index (κ1) is 24.1. The lowest BCUT2D eigenvalue weighted by Crippen LogP contribution is -2.23. The molecular weight excluding hydrogens is 423 g/mol. The van der Waals surface area contributed by atoms with E-state index < -0.39 is 23.0 Å². The average molecular weight is 445 g/mol. The molecule has 1 aliphatic rings. The molecule has 12 heteroatoms. The van der Waals surface area contributed by atoms with Crippen LogP contribution in [-0.2, 0) is 14.3 Å². The van der Waals surface area contributed by atoms with Crippen molar-refractivity contribution < 1.29 is 37.2 Å². The molecule has 0 atom stereocenters. The Morgan fingerprint density at radius 1 is 1.26 bits per heavy atom. The van der Waals surface area contributed by atoms with E-state index in [1.807, 2.05) is 10.9 Å². The number of carbonyl (C=O) groups excluding carboxylic acids is 2. The number of benzene rings is 1. The van der Waals surface area contributed by atoms with Gasteiger partial charge < -0.3 is 9.47 Å². The number of ether oxygens (including phenoxy) is 2. The molecule has 3 rings (SSSR count). The first-order chi connectivity index (χ1) is 14.6. The van der Waals surface area contributed by atoms with Crippen LogP contribution < -0.4 is 0 Å². The van der Waals surface area contributed by atoms with E-state index in [1.165, 1.54) is 31.4 Å². The van der Waals surface area contributed by atoms with Crippen LogP contribution in [0.1, 0.15) is 55.4 Å². The van der Waals surface area contributed by atoms with Gasteiger partial charge in [-0.15, -0.1) is 0 Å². The van der Waals surface area contributed by atoms with Crippen LogP contribution in [0.5, 0.6) is 0 Å². The molecule has 170 valence electrons. The number of carbonyl (C=O) groups is 2. The van der Waals surface area contributed by atoms with Gasteiger partial charge in [0.15, 0.2) is 0 Å². The van der Waals surface area contributed by atoms with Crippen molar-refractivity contribution >= 4 is 28.5 Å². The van der Waals surface area contributed by atoms with Gasteiger partial charge in [0, 0.05) is 17.6 Å². The lowest BCUT2D eigenvalue weighted by Gasteiger charge is -2.21. The van der Waals surface area contributed by atoms with E-state index in [1.54, 1.807) is 6.92 Å². The zero-order valence-corrected chi connectivity index (χ0v) is 17.0. The van der Waals surface area contributed by atoms with Crippen molar-refractivity contribution in [2.45, 2.75) is 51.2 Å². The number of esters is 2. The second-order valence-corrected chi connectivity index (χ2v) is 6.80. The van der Waals surface area contributed by atoms with Gasteiger partial charge in [0.1, 0.15) is 5.56 Å². The first-order valence-electron chi connectivity index (χ1n) is 9.58. The molecule has 0 amide bonds. The molecule has 0 unspecified atom stereocenters. The largest absolute Gasteiger partial charge is 0.490 e. The molecule has 0 bridgehead atoms. The highest BCUT2D eigenvalue weighted by molar-refractivity contribution is 5.99. The van der Waals surface area contributed by atoms with Gasteiger partial charge in [0.25, 0.3) is 5.69 Å². The molecule has 0 spiro atoms. The third-order valence-corrected chi connectivity index (χ3v) is 4.70. The molecule has 2 aromatic rings. The highest BCUT2D eigenvalue weighted by Gasteiger charge is 2.40. The van der Waals surface area contributed by atoms with Crippen LogP contribution in [-0.4, -0.2) is 46.5 Å². The third-order valence-electron chi connectivity index (χ3n) is 4.70. The highest BCUT2D eigenvalue weighted by Crippen LogP contribution is 2.31. The molecule has 1 fully saturated rings. The number of halogens is 3. The quantitative estimate of drug-likeness (QED) is 0.391. The van der Waals surface area contributed by atoms with Crippen LogP contribution in [0.3, 0.4) is 0 Å². The molecule has 1 aromatic heterocycles. The third kappa shape index (κ3) is 6.15. The fourth-order valence-corrected chi connectivity index (χ4v) is 3.25. The van der Waals surface area contributed by atoms with E-state index in [4.69, 9.17) is 4.74 Å². The number of methoxy groups -OCH3 is 1. The Morgan fingerprint density at radius 2 is 1.90 bits per heavy atom.